The molecular weight excluding hydrogens is 1040 g/mol. The fraction of sp³-hybridized carbons (Fsp3) is 0.763. The van der Waals surface area contributed by atoms with Crippen molar-refractivity contribution in [3.8, 4) is 23.0 Å². The van der Waals surface area contributed by atoms with Crippen molar-refractivity contribution in [2.45, 2.75) is 336 Å². The normalized spacial score (nSPS) is 11.5. The summed E-state index contributed by atoms with van der Waals surface area (Å²) in [6.45, 7) is 12.8. The van der Waals surface area contributed by atoms with E-state index in [0.29, 0.717) is 62.1 Å². The maximum atomic E-state index is 13.4. The van der Waals surface area contributed by atoms with Crippen LogP contribution in [0.25, 0.3) is 0 Å². The first kappa shape index (κ1) is 76.2. The van der Waals surface area contributed by atoms with Gasteiger partial charge in [0.15, 0.2) is 34.6 Å². The zero-order chi connectivity index (χ0) is 60.1. The van der Waals surface area contributed by atoms with E-state index in [0.717, 1.165) is 50.0 Å². The van der Waals surface area contributed by atoms with Crippen molar-refractivity contribution in [1.29, 1.82) is 0 Å². The lowest BCUT2D eigenvalue weighted by Gasteiger charge is -2.14. The summed E-state index contributed by atoms with van der Waals surface area (Å²) in [5.41, 5.74) is 1.15. The van der Waals surface area contributed by atoms with Crippen molar-refractivity contribution in [3.63, 3.8) is 0 Å². The molecule has 0 aromatic heterocycles. The lowest BCUT2D eigenvalue weighted by molar-refractivity contribution is 0.103. The van der Waals surface area contributed by atoms with Crippen LogP contribution in [0.15, 0.2) is 61.0 Å². The molecular formula is C76H132N2O6. The van der Waals surface area contributed by atoms with Gasteiger partial charge in [-0.3, -0.25) is 9.59 Å². The summed E-state index contributed by atoms with van der Waals surface area (Å²) >= 11 is 0. The lowest BCUT2D eigenvalue weighted by Crippen LogP contribution is -2.20. The first-order valence-electron chi connectivity index (χ1n) is 36.2. The van der Waals surface area contributed by atoms with Crippen LogP contribution in [0.5, 0.6) is 23.0 Å². The number of hydrogen-bond acceptors (Lipinski definition) is 8. The molecule has 0 unspecified atom stereocenters. The Balaban J connectivity index is 1.85. The molecule has 0 saturated heterocycles. The Morgan fingerprint density at radius 1 is 0.286 bits per heavy atom. The Hall–Kier alpha value is -3.94. The number of ketones is 2. The van der Waals surface area contributed by atoms with Gasteiger partial charge in [0.2, 0.25) is 0 Å². The largest absolute Gasteiger partial charge is 0.490 e. The predicted molar refractivity (Wildman–Crippen MR) is 362 cm³/mol. The van der Waals surface area contributed by atoms with Crippen molar-refractivity contribution in [3.05, 3.63) is 72.1 Å². The van der Waals surface area contributed by atoms with Crippen molar-refractivity contribution in [2.24, 2.45) is 0 Å². The van der Waals surface area contributed by atoms with Crippen LogP contribution < -0.4 is 29.6 Å². The third-order valence-corrected chi connectivity index (χ3v) is 16.6. The Kier molecular flexibility index (Phi) is 53.9. The first-order valence-corrected chi connectivity index (χ1v) is 36.2. The maximum absolute atomic E-state index is 13.4. The van der Waals surface area contributed by atoms with E-state index in [4.69, 9.17) is 18.9 Å². The number of nitrogens with one attached hydrogen (secondary N) is 2. The molecule has 2 aromatic carbocycles. The highest BCUT2D eigenvalue weighted by Crippen LogP contribution is 2.31. The summed E-state index contributed by atoms with van der Waals surface area (Å²) in [5.74, 6) is 2.56. The number of rotatable bonds is 65. The standard InChI is InChI=1S/C76H132N2O6/c1-5-9-13-17-21-25-29-33-37-41-45-49-63-81-73-55-53-69(67-75(73)83-65-51-47-43-39-35-31-27-23-19-15-11-7-3)71(79)57-59-77-61-62-78-60-58-72(80)70-54-56-74(82-64-50-46-42-38-34-30-26-22-18-14-10-6-2)76(68-70)84-66-52-48-44-40-36-32-28-24-20-16-12-8-4/h53-60,67-68,77-78H,5-52,61-66H2,1-4H3/b59-57+,60-58+. The fourth-order valence-electron chi connectivity index (χ4n) is 11.1. The Labute approximate surface area is 518 Å². The molecule has 84 heavy (non-hydrogen) atoms. The highest BCUT2D eigenvalue weighted by molar-refractivity contribution is 6.05. The molecule has 0 spiro atoms. The van der Waals surface area contributed by atoms with Gasteiger partial charge in [0, 0.05) is 48.8 Å². The van der Waals surface area contributed by atoms with E-state index in [-0.39, 0.29) is 11.6 Å². The minimum atomic E-state index is -0.0955. The van der Waals surface area contributed by atoms with Crippen molar-refractivity contribution >= 4 is 11.6 Å². The second-order valence-electron chi connectivity index (χ2n) is 24.6. The van der Waals surface area contributed by atoms with Crippen LogP contribution in [0.3, 0.4) is 0 Å². The van der Waals surface area contributed by atoms with Gasteiger partial charge < -0.3 is 29.6 Å². The number of ether oxygens (including phenoxy) is 4. The predicted octanol–water partition coefficient (Wildman–Crippen LogP) is 23.3. The maximum Gasteiger partial charge on any atom is 0.187 e. The van der Waals surface area contributed by atoms with Gasteiger partial charge in [0.05, 0.1) is 26.4 Å². The molecule has 0 bridgehead atoms. The van der Waals surface area contributed by atoms with Crippen LogP contribution in [-0.2, 0) is 0 Å². The molecule has 0 radical (unpaired) electrons. The monoisotopic (exact) mass is 1170 g/mol. The second-order valence-corrected chi connectivity index (χ2v) is 24.6. The van der Waals surface area contributed by atoms with E-state index in [2.05, 4.69) is 38.3 Å². The fourth-order valence-corrected chi connectivity index (χ4v) is 11.1. The minimum Gasteiger partial charge on any atom is -0.490 e. The van der Waals surface area contributed by atoms with E-state index in [9.17, 15) is 9.59 Å². The SMILES string of the molecule is CCCCCCCCCCCCCCOc1ccc(C(=O)/C=C/NCCN/C=C/C(=O)c2ccc(OCCCCCCCCCCCCCC)c(OCCCCCCCCCCCCCC)c2)cc1OCCCCCCCCCCCCCC. The van der Waals surface area contributed by atoms with E-state index in [1.165, 1.54) is 270 Å². The van der Waals surface area contributed by atoms with Gasteiger partial charge in [-0.25, -0.2) is 0 Å². The van der Waals surface area contributed by atoms with Gasteiger partial charge in [0.25, 0.3) is 0 Å². The molecule has 0 aliphatic heterocycles. The van der Waals surface area contributed by atoms with Crippen LogP contribution >= 0.6 is 0 Å². The molecule has 0 aliphatic rings. The van der Waals surface area contributed by atoms with E-state index in [1.807, 2.05) is 36.4 Å². The number of unbranched alkanes of at least 4 members (excludes halogenated alkanes) is 44. The summed E-state index contributed by atoms with van der Waals surface area (Å²) in [6, 6.07) is 11.2. The van der Waals surface area contributed by atoms with Crippen molar-refractivity contribution in [1.82, 2.24) is 10.6 Å². The van der Waals surface area contributed by atoms with Crippen LogP contribution in [-0.4, -0.2) is 51.1 Å². The molecule has 0 aliphatic carbocycles. The third-order valence-electron chi connectivity index (χ3n) is 16.6. The molecule has 8 nitrogen and oxygen atoms in total. The highest BCUT2D eigenvalue weighted by Gasteiger charge is 2.13. The number of hydrogen-bond donors (Lipinski definition) is 2. The number of benzene rings is 2. The van der Waals surface area contributed by atoms with Crippen molar-refractivity contribution < 1.29 is 28.5 Å². The summed E-state index contributed by atoms with van der Waals surface area (Å²) < 4.78 is 25.3. The van der Waals surface area contributed by atoms with Gasteiger partial charge in [-0.1, -0.05) is 310 Å². The van der Waals surface area contributed by atoms with Crippen LogP contribution in [0.2, 0.25) is 0 Å². The average molecular weight is 1170 g/mol. The Bertz CT molecular complexity index is 1710. The Morgan fingerprint density at radius 3 is 0.714 bits per heavy atom. The van der Waals surface area contributed by atoms with Crippen molar-refractivity contribution in [2.75, 3.05) is 39.5 Å². The molecule has 0 amide bonds. The molecule has 0 atom stereocenters. The Morgan fingerprint density at radius 2 is 0.488 bits per heavy atom. The number of carbonyl (C=O) groups is 2. The highest BCUT2D eigenvalue weighted by atomic mass is 16.5. The van der Waals surface area contributed by atoms with E-state index < -0.39 is 0 Å². The van der Waals surface area contributed by atoms with Gasteiger partial charge in [-0.2, -0.15) is 0 Å². The average Bonchev–Trinajstić information content (AvgIpc) is 3.68. The summed E-state index contributed by atoms with van der Waals surface area (Å²) in [4.78, 5) is 26.8. The molecule has 8 heteroatoms. The zero-order valence-electron chi connectivity index (χ0n) is 55.4. The quantitative estimate of drug-likeness (QED) is 0.0384. The number of carbonyl (C=O) groups excluding carboxylic acids is 2. The minimum absolute atomic E-state index is 0.0955. The second kappa shape index (κ2) is 59.4. The first-order chi connectivity index (χ1) is 41.5. The molecule has 482 valence electrons. The van der Waals surface area contributed by atoms with E-state index >= 15 is 0 Å². The zero-order valence-corrected chi connectivity index (χ0v) is 55.4. The van der Waals surface area contributed by atoms with E-state index in [1.54, 1.807) is 24.6 Å². The molecule has 0 heterocycles. The summed E-state index contributed by atoms with van der Waals surface area (Å²) in [7, 11) is 0. The van der Waals surface area contributed by atoms with Gasteiger partial charge in [-0.15, -0.1) is 0 Å². The van der Waals surface area contributed by atoms with Gasteiger partial charge in [0.1, 0.15) is 0 Å². The number of allylic oxidation sites excluding steroid dienone is 2. The third kappa shape index (κ3) is 45.4. The van der Waals surface area contributed by atoms with Crippen LogP contribution in [0.1, 0.15) is 357 Å². The van der Waals surface area contributed by atoms with Crippen LogP contribution in [0.4, 0.5) is 0 Å². The molecule has 0 fully saturated rings. The molecule has 2 aromatic rings. The smallest absolute Gasteiger partial charge is 0.187 e. The summed E-state index contributed by atoms with van der Waals surface area (Å²) in [6.07, 6.45) is 69.1. The summed E-state index contributed by atoms with van der Waals surface area (Å²) in [5, 5.41) is 6.44. The topological polar surface area (TPSA) is 95.1 Å². The van der Waals surface area contributed by atoms with Gasteiger partial charge >= 0.3 is 0 Å². The van der Waals surface area contributed by atoms with Crippen LogP contribution in [0, 0.1) is 0 Å². The molecule has 2 rings (SSSR count). The van der Waals surface area contributed by atoms with Gasteiger partial charge in [-0.05, 0) is 62.1 Å². The molecule has 2 N–H and O–H groups in total. The molecule has 0 saturated carbocycles. The lowest BCUT2D eigenvalue weighted by atomic mass is 10.1.